The highest BCUT2D eigenvalue weighted by Gasteiger charge is 2.43. The predicted molar refractivity (Wildman–Crippen MR) is 81.7 cm³/mol. The molecule has 0 saturated heterocycles. The van der Waals surface area contributed by atoms with Gasteiger partial charge in [-0.3, -0.25) is 0 Å². The SMILES string of the molecule is CCCC[C@H](N)c1nc(C2(OC)CCC(C)(C)CC2)no1. The average Bonchev–Trinajstić information content (AvgIpc) is 2.96. The van der Waals surface area contributed by atoms with Crippen LogP contribution in [0.15, 0.2) is 4.52 Å². The number of nitrogens with two attached hydrogens (primary N) is 1. The van der Waals surface area contributed by atoms with Gasteiger partial charge >= 0.3 is 0 Å². The summed E-state index contributed by atoms with van der Waals surface area (Å²) >= 11 is 0. The molecule has 0 aromatic carbocycles. The Labute approximate surface area is 127 Å². The van der Waals surface area contributed by atoms with E-state index in [-0.39, 0.29) is 6.04 Å². The highest BCUT2D eigenvalue weighted by Crippen LogP contribution is 2.46. The number of methoxy groups -OCH3 is 1. The fourth-order valence-corrected chi connectivity index (χ4v) is 2.97. The molecule has 1 aliphatic carbocycles. The molecular formula is C16H29N3O2. The second-order valence-electron chi connectivity index (χ2n) is 7.07. The maximum atomic E-state index is 6.11. The van der Waals surface area contributed by atoms with Crippen molar-refractivity contribution in [2.45, 2.75) is 77.4 Å². The Morgan fingerprint density at radius 2 is 1.95 bits per heavy atom. The van der Waals surface area contributed by atoms with E-state index < -0.39 is 5.60 Å². The van der Waals surface area contributed by atoms with Gasteiger partial charge < -0.3 is 15.0 Å². The second-order valence-corrected chi connectivity index (χ2v) is 7.07. The molecule has 5 nitrogen and oxygen atoms in total. The molecule has 5 heteroatoms. The van der Waals surface area contributed by atoms with Crippen LogP contribution in [0.2, 0.25) is 0 Å². The van der Waals surface area contributed by atoms with Crippen molar-refractivity contribution in [2.75, 3.05) is 7.11 Å². The maximum absolute atomic E-state index is 6.11. The summed E-state index contributed by atoms with van der Waals surface area (Å²) in [5.74, 6) is 1.21. The van der Waals surface area contributed by atoms with Crippen molar-refractivity contribution >= 4 is 0 Å². The van der Waals surface area contributed by atoms with E-state index in [0.29, 0.717) is 17.1 Å². The van der Waals surface area contributed by atoms with Crippen LogP contribution in [0.3, 0.4) is 0 Å². The van der Waals surface area contributed by atoms with Gasteiger partial charge in [0.25, 0.3) is 0 Å². The molecule has 0 unspecified atom stereocenters. The number of ether oxygens (including phenoxy) is 1. The Morgan fingerprint density at radius 1 is 1.29 bits per heavy atom. The van der Waals surface area contributed by atoms with Gasteiger partial charge in [0.15, 0.2) is 0 Å². The first-order chi connectivity index (χ1) is 9.92. The Morgan fingerprint density at radius 3 is 2.52 bits per heavy atom. The molecule has 0 spiro atoms. The Bertz CT molecular complexity index is 446. The van der Waals surface area contributed by atoms with Crippen LogP contribution in [0, 0.1) is 5.41 Å². The molecule has 0 amide bonds. The van der Waals surface area contributed by atoms with Crippen LogP contribution in [-0.4, -0.2) is 17.3 Å². The van der Waals surface area contributed by atoms with Gasteiger partial charge in [-0.25, -0.2) is 0 Å². The third-order valence-electron chi connectivity index (χ3n) is 4.84. The van der Waals surface area contributed by atoms with Crippen LogP contribution in [0.1, 0.15) is 83.5 Å². The lowest BCUT2D eigenvalue weighted by atomic mass is 9.70. The molecule has 1 atom stereocenters. The van der Waals surface area contributed by atoms with E-state index in [0.717, 1.165) is 44.9 Å². The van der Waals surface area contributed by atoms with Gasteiger partial charge in [-0.15, -0.1) is 0 Å². The number of nitrogens with zero attached hydrogens (tertiary/aromatic N) is 2. The number of unbranched alkanes of at least 4 members (excludes halogenated alkanes) is 1. The van der Waals surface area contributed by atoms with Crippen LogP contribution < -0.4 is 5.73 Å². The average molecular weight is 295 g/mol. The van der Waals surface area contributed by atoms with Crippen molar-refractivity contribution in [3.05, 3.63) is 11.7 Å². The van der Waals surface area contributed by atoms with Crippen LogP contribution in [0.25, 0.3) is 0 Å². The van der Waals surface area contributed by atoms with Crippen molar-refractivity contribution in [1.82, 2.24) is 10.1 Å². The van der Waals surface area contributed by atoms with Crippen molar-refractivity contribution < 1.29 is 9.26 Å². The van der Waals surface area contributed by atoms with Gasteiger partial charge in [0.05, 0.1) is 6.04 Å². The lowest BCUT2D eigenvalue weighted by molar-refractivity contribution is -0.0740. The minimum absolute atomic E-state index is 0.167. The fraction of sp³-hybridized carbons (Fsp3) is 0.875. The van der Waals surface area contributed by atoms with Crippen LogP contribution in [0.5, 0.6) is 0 Å². The Kier molecular flexibility index (Phi) is 5.04. The zero-order chi connectivity index (χ0) is 15.5. The molecule has 1 fully saturated rings. The van der Waals surface area contributed by atoms with Crippen molar-refractivity contribution in [2.24, 2.45) is 11.1 Å². The molecule has 1 heterocycles. The first-order valence-electron chi connectivity index (χ1n) is 8.07. The third-order valence-corrected chi connectivity index (χ3v) is 4.84. The number of hydrogen-bond acceptors (Lipinski definition) is 5. The Balaban J connectivity index is 2.11. The van der Waals surface area contributed by atoms with E-state index in [9.17, 15) is 0 Å². The molecule has 2 N–H and O–H groups in total. The van der Waals surface area contributed by atoms with E-state index in [1.807, 2.05) is 0 Å². The zero-order valence-corrected chi connectivity index (χ0v) is 13.8. The highest BCUT2D eigenvalue weighted by atomic mass is 16.5. The maximum Gasteiger partial charge on any atom is 0.243 e. The first kappa shape index (κ1) is 16.4. The topological polar surface area (TPSA) is 74.2 Å². The van der Waals surface area contributed by atoms with E-state index in [2.05, 4.69) is 30.9 Å². The number of rotatable bonds is 6. The van der Waals surface area contributed by atoms with Gasteiger partial charge in [0.2, 0.25) is 11.7 Å². The molecule has 21 heavy (non-hydrogen) atoms. The van der Waals surface area contributed by atoms with Gasteiger partial charge in [-0.1, -0.05) is 38.8 Å². The molecule has 2 rings (SSSR count). The molecule has 1 saturated carbocycles. The molecule has 0 radical (unpaired) electrons. The lowest BCUT2D eigenvalue weighted by Gasteiger charge is -2.40. The molecule has 0 bridgehead atoms. The summed E-state index contributed by atoms with van der Waals surface area (Å²) in [7, 11) is 1.74. The normalized spacial score (nSPS) is 22.1. The van der Waals surface area contributed by atoms with Gasteiger partial charge in [-0.2, -0.15) is 4.98 Å². The molecule has 120 valence electrons. The minimum atomic E-state index is -0.401. The summed E-state index contributed by atoms with van der Waals surface area (Å²) in [5, 5.41) is 4.17. The second kappa shape index (κ2) is 6.44. The van der Waals surface area contributed by atoms with E-state index in [1.54, 1.807) is 7.11 Å². The largest absolute Gasteiger partial charge is 0.370 e. The Hall–Kier alpha value is -0.940. The van der Waals surface area contributed by atoms with Gasteiger partial charge in [0, 0.05) is 7.11 Å². The van der Waals surface area contributed by atoms with Crippen molar-refractivity contribution in [3.8, 4) is 0 Å². The standard InChI is InChI=1S/C16H29N3O2/c1-5-6-7-12(17)13-18-14(19-21-13)16(20-4)10-8-15(2,3)9-11-16/h12H,5-11,17H2,1-4H3/t12-/m0/s1. The number of aromatic nitrogens is 2. The molecule has 1 aromatic rings. The van der Waals surface area contributed by atoms with E-state index >= 15 is 0 Å². The summed E-state index contributed by atoms with van der Waals surface area (Å²) in [6.45, 7) is 6.75. The zero-order valence-electron chi connectivity index (χ0n) is 13.8. The van der Waals surface area contributed by atoms with Crippen LogP contribution >= 0.6 is 0 Å². The quantitative estimate of drug-likeness (QED) is 0.866. The van der Waals surface area contributed by atoms with Gasteiger partial charge in [0.1, 0.15) is 5.60 Å². The molecular weight excluding hydrogens is 266 g/mol. The highest BCUT2D eigenvalue weighted by molar-refractivity contribution is 5.06. The summed E-state index contributed by atoms with van der Waals surface area (Å²) in [6, 6.07) is -0.167. The monoisotopic (exact) mass is 295 g/mol. The minimum Gasteiger partial charge on any atom is -0.370 e. The summed E-state index contributed by atoms with van der Waals surface area (Å²) in [6.07, 6.45) is 7.14. The first-order valence-corrected chi connectivity index (χ1v) is 8.07. The summed E-state index contributed by atoms with van der Waals surface area (Å²) in [5.41, 5.74) is 6.08. The predicted octanol–water partition coefficient (Wildman–Crippen LogP) is 3.70. The van der Waals surface area contributed by atoms with Crippen molar-refractivity contribution in [1.29, 1.82) is 0 Å². The molecule has 0 aliphatic heterocycles. The van der Waals surface area contributed by atoms with Crippen LogP contribution in [0.4, 0.5) is 0 Å². The van der Waals surface area contributed by atoms with E-state index in [4.69, 9.17) is 15.0 Å². The lowest BCUT2D eigenvalue weighted by Crippen LogP contribution is -2.37. The van der Waals surface area contributed by atoms with Crippen molar-refractivity contribution in [3.63, 3.8) is 0 Å². The summed E-state index contributed by atoms with van der Waals surface area (Å²) in [4.78, 5) is 4.55. The van der Waals surface area contributed by atoms with Gasteiger partial charge in [-0.05, 0) is 37.5 Å². The van der Waals surface area contributed by atoms with E-state index in [1.165, 1.54) is 0 Å². The third kappa shape index (κ3) is 3.64. The molecule has 1 aromatic heterocycles. The summed E-state index contributed by atoms with van der Waals surface area (Å²) < 4.78 is 11.2. The fourth-order valence-electron chi connectivity index (χ4n) is 2.97. The van der Waals surface area contributed by atoms with Crippen LogP contribution in [-0.2, 0) is 10.3 Å². The molecule has 1 aliphatic rings. The number of hydrogen-bond donors (Lipinski definition) is 1. The smallest absolute Gasteiger partial charge is 0.243 e.